The molecule has 1 aliphatic heterocycles. The first kappa shape index (κ1) is 12.4. The largest absolute Gasteiger partial charge is 0.218 e. The lowest BCUT2D eigenvalue weighted by Gasteiger charge is -2.30. The second-order valence-electron chi connectivity index (χ2n) is 5.30. The van der Waals surface area contributed by atoms with Crippen LogP contribution in [0.25, 0.3) is 0 Å². The van der Waals surface area contributed by atoms with Crippen molar-refractivity contribution >= 4 is 9.84 Å². The summed E-state index contributed by atoms with van der Waals surface area (Å²) in [4.78, 5) is 0.930. The van der Waals surface area contributed by atoms with Gasteiger partial charge in [-0.15, -0.1) is 0 Å². The molecular weight excluding hydrogens is 256 g/mol. The van der Waals surface area contributed by atoms with E-state index in [0.29, 0.717) is 15.7 Å². The topological polar surface area (TPSA) is 34.1 Å². The van der Waals surface area contributed by atoms with Crippen LogP contribution in [-0.2, 0) is 9.84 Å². The van der Waals surface area contributed by atoms with Crippen LogP contribution in [0.5, 0.6) is 0 Å². The highest BCUT2D eigenvalue weighted by atomic mass is 32.2. The number of sulfone groups is 1. The van der Waals surface area contributed by atoms with E-state index in [-0.39, 0.29) is 5.92 Å². The van der Waals surface area contributed by atoms with Crippen molar-refractivity contribution in [1.29, 1.82) is 0 Å². The Morgan fingerprint density at radius 1 is 0.842 bits per heavy atom. The molecule has 0 fully saturated rings. The van der Waals surface area contributed by atoms with E-state index in [2.05, 4.69) is 13.8 Å². The summed E-state index contributed by atoms with van der Waals surface area (Å²) in [5.74, 6) is 0.508. The smallest absolute Gasteiger partial charge is 0.207 e. The lowest BCUT2D eigenvalue weighted by atomic mass is 9.82. The monoisotopic (exact) mass is 272 g/mol. The second kappa shape index (κ2) is 4.20. The van der Waals surface area contributed by atoms with Gasteiger partial charge in [-0.05, 0) is 29.2 Å². The van der Waals surface area contributed by atoms with Crippen LogP contribution in [-0.4, -0.2) is 8.42 Å². The Morgan fingerprint density at radius 2 is 1.26 bits per heavy atom. The van der Waals surface area contributed by atoms with Crippen molar-refractivity contribution in [1.82, 2.24) is 0 Å². The second-order valence-corrected chi connectivity index (χ2v) is 7.19. The molecular formula is C16H16O2S. The van der Waals surface area contributed by atoms with Crippen molar-refractivity contribution < 1.29 is 8.42 Å². The molecule has 0 aliphatic carbocycles. The molecule has 0 atom stereocenters. The Labute approximate surface area is 114 Å². The molecule has 0 N–H and O–H groups in total. The van der Waals surface area contributed by atoms with E-state index in [0.717, 1.165) is 11.1 Å². The van der Waals surface area contributed by atoms with Gasteiger partial charge in [-0.1, -0.05) is 50.2 Å². The standard InChI is InChI=1S/C16H16O2S/c1-11(2)16-12-7-3-5-9-14(12)19(17,18)15-10-6-4-8-13(15)16/h3-11,16H,1-2H3. The van der Waals surface area contributed by atoms with Crippen LogP contribution in [0.1, 0.15) is 30.9 Å². The molecule has 3 rings (SSSR count). The third kappa shape index (κ3) is 1.72. The summed E-state index contributed by atoms with van der Waals surface area (Å²) in [6.07, 6.45) is 0. The van der Waals surface area contributed by atoms with E-state index in [9.17, 15) is 8.42 Å². The Balaban J connectivity index is 2.40. The average molecular weight is 272 g/mol. The van der Waals surface area contributed by atoms with E-state index in [1.54, 1.807) is 24.3 Å². The van der Waals surface area contributed by atoms with Crippen molar-refractivity contribution in [2.45, 2.75) is 29.6 Å². The predicted molar refractivity (Wildman–Crippen MR) is 75.0 cm³/mol. The van der Waals surface area contributed by atoms with Gasteiger partial charge in [-0.3, -0.25) is 0 Å². The van der Waals surface area contributed by atoms with Gasteiger partial charge in [0.15, 0.2) is 0 Å². The van der Waals surface area contributed by atoms with Crippen LogP contribution in [0, 0.1) is 5.92 Å². The first-order valence-electron chi connectivity index (χ1n) is 6.46. The van der Waals surface area contributed by atoms with E-state index in [4.69, 9.17) is 0 Å². The van der Waals surface area contributed by atoms with Gasteiger partial charge in [0, 0.05) is 5.92 Å². The molecule has 0 saturated carbocycles. The fraction of sp³-hybridized carbons (Fsp3) is 0.250. The summed E-state index contributed by atoms with van der Waals surface area (Å²) >= 11 is 0. The van der Waals surface area contributed by atoms with Gasteiger partial charge in [0.2, 0.25) is 9.84 Å². The molecule has 3 heteroatoms. The molecule has 0 aromatic heterocycles. The molecule has 2 nitrogen and oxygen atoms in total. The molecule has 2 aromatic rings. The predicted octanol–water partition coefficient (Wildman–Crippen LogP) is 3.62. The maximum Gasteiger partial charge on any atom is 0.207 e. The summed E-state index contributed by atoms with van der Waals surface area (Å²) in [6.45, 7) is 4.27. The van der Waals surface area contributed by atoms with Crippen LogP contribution >= 0.6 is 0 Å². The van der Waals surface area contributed by atoms with Crippen LogP contribution in [0.2, 0.25) is 0 Å². The highest BCUT2D eigenvalue weighted by molar-refractivity contribution is 7.91. The summed E-state index contributed by atoms with van der Waals surface area (Å²) < 4.78 is 25.3. The molecule has 0 spiro atoms. The zero-order chi connectivity index (χ0) is 13.6. The summed E-state index contributed by atoms with van der Waals surface area (Å²) in [5.41, 5.74) is 1.85. The third-order valence-corrected chi connectivity index (χ3v) is 5.66. The van der Waals surface area contributed by atoms with Crippen LogP contribution in [0.3, 0.4) is 0 Å². The fourth-order valence-electron chi connectivity index (χ4n) is 2.97. The van der Waals surface area contributed by atoms with E-state index >= 15 is 0 Å². The Morgan fingerprint density at radius 3 is 1.68 bits per heavy atom. The molecule has 19 heavy (non-hydrogen) atoms. The van der Waals surface area contributed by atoms with Gasteiger partial charge in [0.1, 0.15) is 0 Å². The number of hydrogen-bond acceptors (Lipinski definition) is 2. The molecule has 0 radical (unpaired) electrons. The van der Waals surface area contributed by atoms with Crippen molar-refractivity contribution in [2.75, 3.05) is 0 Å². The lowest BCUT2D eigenvalue weighted by molar-refractivity contribution is 0.530. The quantitative estimate of drug-likeness (QED) is 0.794. The normalized spacial score (nSPS) is 17.0. The molecule has 1 aliphatic rings. The van der Waals surface area contributed by atoms with Crippen LogP contribution < -0.4 is 0 Å². The molecule has 1 heterocycles. The zero-order valence-corrected chi connectivity index (χ0v) is 11.8. The van der Waals surface area contributed by atoms with E-state index in [1.807, 2.05) is 24.3 Å². The molecule has 0 bridgehead atoms. The molecule has 98 valence electrons. The van der Waals surface area contributed by atoms with E-state index in [1.165, 1.54) is 0 Å². The highest BCUT2D eigenvalue weighted by Crippen LogP contribution is 2.44. The first-order valence-corrected chi connectivity index (χ1v) is 7.94. The Kier molecular flexibility index (Phi) is 2.75. The van der Waals surface area contributed by atoms with Crippen molar-refractivity contribution in [3.63, 3.8) is 0 Å². The van der Waals surface area contributed by atoms with Gasteiger partial charge in [-0.25, -0.2) is 8.42 Å². The Bertz CT molecular complexity index is 676. The molecule has 2 aromatic carbocycles. The molecule has 0 amide bonds. The minimum Gasteiger partial charge on any atom is -0.218 e. The maximum absolute atomic E-state index is 12.7. The average Bonchev–Trinajstić information content (AvgIpc) is 2.39. The minimum atomic E-state index is -3.37. The number of rotatable bonds is 1. The number of fused-ring (bicyclic) bond motifs is 2. The van der Waals surface area contributed by atoms with Gasteiger partial charge in [0.25, 0.3) is 0 Å². The van der Waals surface area contributed by atoms with Crippen molar-refractivity contribution in [2.24, 2.45) is 5.92 Å². The minimum absolute atomic E-state index is 0.149. The first-order chi connectivity index (χ1) is 9.03. The maximum atomic E-state index is 12.7. The lowest BCUT2D eigenvalue weighted by Crippen LogP contribution is -2.21. The molecule has 0 saturated heterocycles. The SMILES string of the molecule is CC(C)C1c2ccccc2S(=O)(=O)c2ccccc21. The van der Waals surface area contributed by atoms with Crippen LogP contribution in [0.15, 0.2) is 58.3 Å². The summed E-state index contributed by atoms with van der Waals surface area (Å²) in [5, 5.41) is 0. The highest BCUT2D eigenvalue weighted by Gasteiger charge is 2.36. The van der Waals surface area contributed by atoms with Gasteiger partial charge >= 0.3 is 0 Å². The number of benzene rings is 2. The fourth-order valence-corrected chi connectivity index (χ4v) is 4.73. The summed E-state index contributed by atoms with van der Waals surface area (Å²) in [7, 11) is -3.37. The van der Waals surface area contributed by atoms with Crippen molar-refractivity contribution in [3.8, 4) is 0 Å². The van der Waals surface area contributed by atoms with Gasteiger partial charge < -0.3 is 0 Å². The van der Waals surface area contributed by atoms with Gasteiger partial charge in [0.05, 0.1) is 9.79 Å². The van der Waals surface area contributed by atoms with E-state index < -0.39 is 9.84 Å². The number of hydrogen-bond donors (Lipinski definition) is 0. The van der Waals surface area contributed by atoms with Crippen molar-refractivity contribution in [3.05, 3.63) is 59.7 Å². The van der Waals surface area contributed by atoms with Gasteiger partial charge in [-0.2, -0.15) is 0 Å². The van der Waals surface area contributed by atoms with Crippen LogP contribution in [0.4, 0.5) is 0 Å². The molecule has 0 unspecified atom stereocenters. The Hall–Kier alpha value is -1.61. The zero-order valence-electron chi connectivity index (χ0n) is 11.0. The summed E-state index contributed by atoms with van der Waals surface area (Å²) in [6, 6.07) is 14.7. The third-order valence-electron chi connectivity index (χ3n) is 3.75.